The van der Waals surface area contributed by atoms with E-state index in [9.17, 15) is 19.6 Å². The smallest absolute Gasteiger partial charge is 0.408 e. The Bertz CT molecular complexity index is 1650. The summed E-state index contributed by atoms with van der Waals surface area (Å²) in [6.45, 7) is 1.41. The van der Waals surface area contributed by atoms with Gasteiger partial charge in [0, 0.05) is 38.0 Å². The molecular weight excluding hydrogens is 502 g/mol. The molecule has 2 N–H and O–H groups in total. The van der Waals surface area contributed by atoms with Crippen LogP contribution in [0.25, 0.3) is 11.1 Å². The maximum atomic E-state index is 13.3. The fraction of sp³-hybridized carbons (Fsp3) is 0.259. The summed E-state index contributed by atoms with van der Waals surface area (Å²) in [6.07, 6.45) is 3.34. The normalized spacial score (nSPS) is 12.6. The van der Waals surface area contributed by atoms with E-state index in [1.165, 1.54) is 15.7 Å². The molecule has 12 nitrogen and oxygen atoms in total. The van der Waals surface area contributed by atoms with Crippen LogP contribution in [0.1, 0.15) is 33.6 Å². The standard InChI is InChI=1S/C27H25N7O5/c1-38-10-8-29-20-12-24(30-14-19(20)13-28)32-26(36)33-9-4-5-17-11-18(21(16-35)31-25(17)33)15-34-22-6-2-3-7-23(22)39-27(34)37/h2-3,6-7,11-12,14,16H,4-5,8-10,15H2,1H3,(H2,29,30,32,36). The molecule has 1 aromatic carbocycles. The third-order valence-electron chi connectivity index (χ3n) is 6.41. The van der Waals surface area contributed by atoms with Crippen molar-refractivity contribution in [3.63, 3.8) is 0 Å². The molecule has 3 aromatic heterocycles. The van der Waals surface area contributed by atoms with Gasteiger partial charge in [-0.3, -0.25) is 19.6 Å². The summed E-state index contributed by atoms with van der Waals surface area (Å²) < 4.78 is 11.8. The van der Waals surface area contributed by atoms with Crippen molar-refractivity contribution in [1.82, 2.24) is 14.5 Å². The van der Waals surface area contributed by atoms with Gasteiger partial charge in [-0.25, -0.2) is 19.6 Å². The van der Waals surface area contributed by atoms with E-state index in [2.05, 4.69) is 26.7 Å². The Labute approximate surface area is 222 Å². The number of rotatable bonds is 8. The first-order valence-electron chi connectivity index (χ1n) is 12.3. The van der Waals surface area contributed by atoms with Gasteiger partial charge in [0.25, 0.3) is 0 Å². The number of nitriles is 1. The van der Waals surface area contributed by atoms with Crippen LogP contribution >= 0.6 is 0 Å². The van der Waals surface area contributed by atoms with Crippen molar-refractivity contribution in [3.05, 3.63) is 75.5 Å². The zero-order valence-electron chi connectivity index (χ0n) is 21.1. The van der Waals surface area contributed by atoms with Crippen LogP contribution in [0.15, 0.2) is 51.8 Å². The average Bonchev–Trinajstić information content (AvgIpc) is 3.27. The van der Waals surface area contributed by atoms with Gasteiger partial charge >= 0.3 is 11.8 Å². The van der Waals surface area contributed by atoms with Gasteiger partial charge in [0.05, 0.1) is 29.9 Å². The number of aryl methyl sites for hydroxylation is 1. The zero-order valence-corrected chi connectivity index (χ0v) is 21.1. The van der Waals surface area contributed by atoms with E-state index in [0.717, 1.165) is 5.56 Å². The van der Waals surface area contributed by atoms with Crippen LogP contribution in [0.4, 0.5) is 22.1 Å². The first-order chi connectivity index (χ1) is 19.0. The number of aromatic nitrogens is 3. The lowest BCUT2D eigenvalue weighted by atomic mass is 10.0. The van der Waals surface area contributed by atoms with Gasteiger partial charge < -0.3 is 14.5 Å². The van der Waals surface area contributed by atoms with Crippen LogP contribution in [0.3, 0.4) is 0 Å². The van der Waals surface area contributed by atoms with E-state index < -0.39 is 11.8 Å². The highest BCUT2D eigenvalue weighted by Gasteiger charge is 2.27. The number of fused-ring (bicyclic) bond motifs is 2. The van der Waals surface area contributed by atoms with Crippen molar-refractivity contribution in [3.8, 4) is 6.07 Å². The molecule has 1 aliphatic heterocycles. The quantitative estimate of drug-likeness (QED) is 0.260. The van der Waals surface area contributed by atoms with E-state index >= 15 is 0 Å². The summed E-state index contributed by atoms with van der Waals surface area (Å²) in [5.74, 6) is 0.100. The Hall–Kier alpha value is -5.02. The fourth-order valence-corrected chi connectivity index (χ4v) is 4.54. The predicted octanol–water partition coefficient (Wildman–Crippen LogP) is 3.16. The Balaban J connectivity index is 1.41. The van der Waals surface area contributed by atoms with Gasteiger partial charge in [0.2, 0.25) is 0 Å². The molecule has 4 aromatic rings. The van der Waals surface area contributed by atoms with Gasteiger partial charge in [-0.15, -0.1) is 0 Å². The van der Waals surface area contributed by atoms with Gasteiger partial charge in [0.15, 0.2) is 11.9 Å². The molecule has 198 valence electrons. The number of nitrogens with one attached hydrogen (secondary N) is 2. The second-order valence-corrected chi connectivity index (χ2v) is 8.89. The number of carbonyl (C=O) groups is 2. The molecule has 5 rings (SSSR count). The monoisotopic (exact) mass is 527 g/mol. The lowest BCUT2D eigenvalue weighted by Gasteiger charge is -2.29. The largest absolute Gasteiger partial charge is 0.420 e. The van der Waals surface area contributed by atoms with Gasteiger partial charge in [-0.2, -0.15) is 5.26 Å². The molecule has 39 heavy (non-hydrogen) atoms. The van der Waals surface area contributed by atoms with Crippen molar-refractivity contribution in [1.29, 1.82) is 5.26 Å². The summed E-state index contributed by atoms with van der Waals surface area (Å²) >= 11 is 0. The number of benzene rings is 1. The first kappa shape index (κ1) is 25.6. The molecule has 0 saturated heterocycles. The Kier molecular flexibility index (Phi) is 7.33. The molecule has 0 fully saturated rings. The number of anilines is 3. The fourth-order valence-electron chi connectivity index (χ4n) is 4.54. The number of hydrogen-bond acceptors (Lipinski definition) is 9. The first-order valence-corrected chi connectivity index (χ1v) is 12.3. The maximum Gasteiger partial charge on any atom is 0.420 e. The van der Waals surface area contributed by atoms with E-state index in [-0.39, 0.29) is 18.1 Å². The molecule has 2 amide bonds. The van der Waals surface area contributed by atoms with Crippen LogP contribution in [-0.2, 0) is 17.7 Å². The number of aldehydes is 1. The molecule has 0 bridgehead atoms. The van der Waals surface area contributed by atoms with Gasteiger partial charge in [0.1, 0.15) is 23.4 Å². The van der Waals surface area contributed by atoms with Crippen LogP contribution in [0, 0.1) is 11.3 Å². The molecule has 0 saturated carbocycles. The predicted molar refractivity (Wildman–Crippen MR) is 143 cm³/mol. The molecule has 0 aliphatic carbocycles. The third-order valence-corrected chi connectivity index (χ3v) is 6.41. The van der Waals surface area contributed by atoms with Gasteiger partial charge in [-0.1, -0.05) is 12.1 Å². The second kappa shape index (κ2) is 11.2. The Morgan fingerprint density at radius 1 is 1.31 bits per heavy atom. The number of oxazole rings is 1. The molecule has 12 heteroatoms. The van der Waals surface area contributed by atoms with Crippen LogP contribution in [0.5, 0.6) is 0 Å². The zero-order chi connectivity index (χ0) is 27.4. The molecular formula is C27H25N7O5. The molecule has 1 aliphatic rings. The molecule has 0 radical (unpaired) electrons. The van der Waals surface area contributed by atoms with E-state index in [1.54, 1.807) is 37.4 Å². The summed E-state index contributed by atoms with van der Waals surface area (Å²) in [5, 5.41) is 15.2. The number of carbonyl (C=O) groups excluding carboxylic acids is 2. The lowest BCUT2D eigenvalue weighted by Crippen LogP contribution is -2.40. The minimum atomic E-state index is -0.530. The number of urea groups is 1. The maximum absolute atomic E-state index is 13.3. The topological polar surface area (TPSA) is 155 Å². The molecule has 0 spiro atoms. The minimum absolute atomic E-state index is 0.102. The van der Waals surface area contributed by atoms with E-state index in [4.69, 9.17) is 9.15 Å². The lowest BCUT2D eigenvalue weighted by molar-refractivity contribution is 0.111. The summed E-state index contributed by atoms with van der Waals surface area (Å²) in [7, 11) is 1.58. The molecule has 0 atom stereocenters. The highest BCUT2D eigenvalue weighted by Crippen LogP contribution is 2.29. The SMILES string of the molecule is COCCNc1cc(NC(=O)N2CCCc3cc(Cn4c(=O)oc5ccccc54)c(C=O)nc32)ncc1C#N. The number of para-hydroxylation sites is 2. The number of amides is 2. The number of nitrogens with zero attached hydrogens (tertiary/aromatic N) is 5. The van der Waals surface area contributed by atoms with Crippen LogP contribution < -0.4 is 21.3 Å². The highest BCUT2D eigenvalue weighted by atomic mass is 16.5. The molecule has 4 heterocycles. The van der Waals surface area contributed by atoms with Crippen molar-refractivity contribution >= 4 is 40.7 Å². The van der Waals surface area contributed by atoms with E-state index in [1.807, 2.05) is 6.07 Å². The number of ether oxygens (including phenoxy) is 1. The van der Waals surface area contributed by atoms with Crippen LogP contribution in [-0.4, -0.2) is 53.7 Å². The second-order valence-electron chi connectivity index (χ2n) is 8.89. The summed E-state index contributed by atoms with van der Waals surface area (Å²) in [4.78, 5) is 47.9. The van der Waals surface area contributed by atoms with Crippen molar-refractivity contribution < 1.29 is 18.7 Å². The molecule has 0 unspecified atom stereocenters. The summed E-state index contributed by atoms with van der Waals surface area (Å²) in [5.41, 5.74) is 3.40. The van der Waals surface area contributed by atoms with Gasteiger partial charge in [-0.05, 0) is 36.6 Å². The van der Waals surface area contributed by atoms with Crippen molar-refractivity contribution in [2.45, 2.75) is 19.4 Å². The summed E-state index contributed by atoms with van der Waals surface area (Å²) in [6, 6.07) is 12.1. The Morgan fingerprint density at radius 3 is 2.95 bits per heavy atom. The van der Waals surface area contributed by atoms with Crippen molar-refractivity contribution in [2.24, 2.45) is 0 Å². The van der Waals surface area contributed by atoms with Crippen molar-refractivity contribution in [2.75, 3.05) is 42.3 Å². The Morgan fingerprint density at radius 2 is 2.15 bits per heavy atom. The number of pyridine rings is 2. The van der Waals surface area contributed by atoms with Crippen LogP contribution in [0.2, 0.25) is 0 Å². The third kappa shape index (κ3) is 5.21. The number of methoxy groups -OCH3 is 1. The highest BCUT2D eigenvalue weighted by molar-refractivity contribution is 6.01. The average molecular weight is 528 g/mol. The number of hydrogen-bond donors (Lipinski definition) is 2. The minimum Gasteiger partial charge on any atom is -0.408 e. The van der Waals surface area contributed by atoms with E-state index in [0.29, 0.717) is 72.6 Å².